The number of ether oxygens (including phenoxy) is 2. The molecule has 0 spiro atoms. The molecule has 0 radical (unpaired) electrons. The zero-order valence-corrected chi connectivity index (χ0v) is 17.0. The van der Waals surface area contributed by atoms with Crippen LogP contribution in [0.1, 0.15) is 10.4 Å². The van der Waals surface area contributed by atoms with Gasteiger partial charge in [-0.15, -0.1) is 0 Å². The van der Waals surface area contributed by atoms with Gasteiger partial charge in [-0.1, -0.05) is 27.3 Å². The molecule has 0 fully saturated rings. The Bertz CT molecular complexity index is 973. The number of methoxy groups -OCH3 is 2. The highest BCUT2D eigenvalue weighted by molar-refractivity contribution is 9.10. The number of nitrogens with one attached hydrogen (secondary N) is 2. The first-order valence-electron chi connectivity index (χ1n) is 7.40. The Morgan fingerprint density at radius 3 is 2.58 bits per heavy atom. The van der Waals surface area contributed by atoms with E-state index in [9.17, 15) is 4.79 Å². The molecule has 0 saturated heterocycles. The Hall–Kier alpha value is -2.23. The molecule has 26 heavy (non-hydrogen) atoms. The first-order chi connectivity index (χ1) is 12.5. The maximum atomic E-state index is 12.2. The van der Waals surface area contributed by atoms with E-state index in [-0.39, 0.29) is 11.0 Å². The molecule has 0 aliphatic rings. The molecule has 1 heterocycles. The van der Waals surface area contributed by atoms with Crippen molar-refractivity contribution >= 4 is 65.9 Å². The number of amides is 1. The van der Waals surface area contributed by atoms with Crippen LogP contribution < -0.4 is 20.1 Å². The highest BCUT2D eigenvalue weighted by Crippen LogP contribution is 2.36. The quantitative estimate of drug-likeness (QED) is 0.579. The van der Waals surface area contributed by atoms with Gasteiger partial charge in [0.05, 0.1) is 18.9 Å². The zero-order valence-electron chi connectivity index (χ0n) is 13.8. The molecule has 0 bridgehead atoms. The maximum Gasteiger partial charge on any atom is 0.257 e. The molecule has 0 aliphatic carbocycles. The summed E-state index contributed by atoms with van der Waals surface area (Å²) < 4.78 is 12.4. The van der Waals surface area contributed by atoms with Crippen LogP contribution in [0.25, 0.3) is 10.2 Å². The van der Waals surface area contributed by atoms with Crippen molar-refractivity contribution in [2.45, 2.75) is 0 Å². The number of hydrogen-bond donors (Lipinski definition) is 2. The van der Waals surface area contributed by atoms with Crippen LogP contribution in [0.4, 0.5) is 5.13 Å². The largest absolute Gasteiger partial charge is 0.497 e. The highest BCUT2D eigenvalue weighted by Gasteiger charge is 2.13. The molecule has 1 aromatic heterocycles. The number of anilines is 1. The van der Waals surface area contributed by atoms with E-state index < -0.39 is 0 Å². The molecular formula is C17H14BrN3O3S2. The van der Waals surface area contributed by atoms with Crippen LogP contribution in [0.5, 0.6) is 11.5 Å². The fourth-order valence-corrected chi connectivity index (χ4v) is 3.64. The summed E-state index contributed by atoms with van der Waals surface area (Å²) in [6, 6.07) is 10.6. The second-order valence-electron chi connectivity index (χ2n) is 5.11. The van der Waals surface area contributed by atoms with Gasteiger partial charge in [0, 0.05) is 16.1 Å². The lowest BCUT2D eigenvalue weighted by Crippen LogP contribution is -2.34. The molecule has 2 N–H and O–H groups in total. The topological polar surface area (TPSA) is 72.5 Å². The van der Waals surface area contributed by atoms with Crippen LogP contribution in [0, 0.1) is 0 Å². The van der Waals surface area contributed by atoms with Gasteiger partial charge in [-0.25, -0.2) is 4.98 Å². The number of benzene rings is 2. The van der Waals surface area contributed by atoms with Crippen molar-refractivity contribution in [1.82, 2.24) is 10.3 Å². The summed E-state index contributed by atoms with van der Waals surface area (Å²) in [5.74, 6) is 0.986. The molecule has 3 rings (SSSR count). The van der Waals surface area contributed by atoms with Crippen LogP contribution in [-0.4, -0.2) is 30.2 Å². The molecule has 0 atom stereocenters. The number of rotatable bonds is 4. The van der Waals surface area contributed by atoms with Gasteiger partial charge in [0.1, 0.15) is 17.0 Å². The molecule has 6 nitrogen and oxygen atoms in total. The fourth-order valence-electron chi connectivity index (χ4n) is 2.21. The highest BCUT2D eigenvalue weighted by atomic mass is 79.9. The van der Waals surface area contributed by atoms with Crippen LogP contribution in [0.15, 0.2) is 40.9 Å². The average Bonchev–Trinajstić information content (AvgIpc) is 3.03. The number of aromatic nitrogens is 1. The van der Waals surface area contributed by atoms with E-state index in [2.05, 4.69) is 31.5 Å². The maximum absolute atomic E-state index is 12.2. The number of hydrogen-bond acceptors (Lipinski definition) is 6. The number of thiocarbonyl (C=S) groups is 1. The second-order valence-corrected chi connectivity index (χ2v) is 7.47. The van der Waals surface area contributed by atoms with E-state index in [1.54, 1.807) is 44.6 Å². The summed E-state index contributed by atoms with van der Waals surface area (Å²) in [7, 11) is 3.16. The number of carbonyl (C=O) groups is 1. The van der Waals surface area contributed by atoms with Crippen molar-refractivity contribution < 1.29 is 14.3 Å². The second kappa shape index (κ2) is 7.98. The van der Waals surface area contributed by atoms with Crippen LogP contribution in [0.2, 0.25) is 0 Å². The molecule has 9 heteroatoms. The van der Waals surface area contributed by atoms with E-state index in [0.29, 0.717) is 27.7 Å². The number of carbonyl (C=O) groups excluding carboxylic acids is 1. The molecule has 1 amide bonds. The van der Waals surface area contributed by atoms with E-state index >= 15 is 0 Å². The summed E-state index contributed by atoms with van der Waals surface area (Å²) >= 11 is 9.93. The Morgan fingerprint density at radius 2 is 1.92 bits per heavy atom. The summed E-state index contributed by atoms with van der Waals surface area (Å²) in [6.45, 7) is 0. The lowest BCUT2D eigenvalue weighted by Gasteiger charge is -2.07. The van der Waals surface area contributed by atoms with Gasteiger partial charge in [-0.2, -0.15) is 0 Å². The monoisotopic (exact) mass is 451 g/mol. The van der Waals surface area contributed by atoms with E-state index in [1.165, 1.54) is 11.3 Å². The number of thiazole rings is 1. The summed E-state index contributed by atoms with van der Waals surface area (Å²) in [5, 5.41) is 6.29. The van der Waals surface area contributed by atoms with Crippen molar-refractivity contribution in [3.63, 3.8) is 0 Å². The van der Waals surface area contributed by atoms with Crippen LogP contribution in [-0.2, 0) is 0 Å². The van der Waals surface area contributed by atoms with Gasteiger partial charge in [0.25, 0.3) is 5.91 Å². The van der Waals surface area contributed by atoms with E-state index in [4.69, 9.17) is 21.7 Å². The summed E-state index contributed by atoms with van der Waals surface area (Å²) in [6.07, 6.45) is 0. The minimum atomic E-state index is -0.296. The molecule has 0 aliphatic heterocycles. The molecule has 3 aromatic rings. The summed E-state index contributed by atoms with van der Waals surface area (Å²) in [4.78, 5) is 16.7. The Balaban J connectivity index is 1.74. The Kier molecular flexibility index (Phi) is 5.70. The van der Waals surface area contributed by atoms with Crippen molar-refractivity contribution in [2.75, 3.05) is 19.5 Å². The Morgan fingerprint density at radius 1 is 1.19 bits per heavy atom. The van der Waals surface area contributed by atoms with Gasteiger partial charge in [0.15, 0.2) is 10.2 Å². The third-order valence-corrected chi connectivity index (χ3v) is 5.09. The fraction of sp³-hybridized carbons (Fsp3) is 0.118. The van der Waals surface area contributed by atoms with Crippen LogP contribution >= 0.6 is 39.5 Å². The minimum absolute atomic E-state index is 0.169. The first-order valence-corrected chi connectivity index (χ1v) is 9.42. The lowest BCUT2D eigenvalue weighted by atomic mass is 10.2. The van der Waals surface area contributed by atoms with Gasteiger partial charge < -0.3 is 14.8 Å². The third-order valence-electron chi connectivity index (χ3n) is 3.44. The first kappa shape index (κ1) is 18.6. The third kappa shape index (κ3) is 4.12. The molecular weight excluding hydrogens is 438 g/mol. The van der Waals surface area contributed by atoms with Crippen molar-refractivity contribution in [1.29, 1.82) is 0 Å². The van der Waals surface area contributed by atoms with Crippen molar-refractivity contribution in [3.8, 4) is 11.5 Å². The molecule has 2 aromatic carbocycles. The number of nitrogens with zero attached hydrogens (tertiary/aromatic N) is 1. The lowest BCUT2D eigenvalue weighted by molar-refractivity contribution is 0.0977. The van der Waals surface area contributed by atoms with Gasteiger partial charge >= 0.3 is 0 Å². The molecule has 0 saturated carbocycles. The number of fused-ring (bicyclic) bond motifs is 1. The van der Waals surface area contributed by atoms with Gasteiger partial charge in [-0.05, 0) is 42.5 Å². The predicted molar refractivity (Wildman–Crippen MR) is 111 cm³/mol. The number of halogens is 1. The summed E-state index contributed by atoms with van der Waals surface area (Å²) in [5.41, 5.74) is 1.20. The SMILES string of the molecule is COc1cc(OC)c2nc(NC(=S)NC(=O)c3ccc(Br)cc3)sc2c1. The zero-order chi connectivity index (χ0) is 18.7. The van der Waals surface area contributed by atoms with Crippen molar-refractivity contribution in [2.24, 2.45) is 0 Å². The van der Waals surface area contributed by atoms with Gasteiger partial charge in [-0.3, -0.25) is 10.1 Å². The Labute approximate surface area is 167 Å². The smallest absolute Gasteiger partial charge is 0.257 e. The normalized spacial score (nSPS) is 10.4. The van der Waals surface area contributed by atoms with E-state index in [0.717, 1.165) is 9.17 Å². The van der Waals surface area contributed by atoms with E-state index in [1.807, 2.05) is 6.07 Å². The van der Waals surface area contributed by atoms with Gasteiger partial charge in [0.2, 0.25) is 0 Å². The van der Waals surface area contributed by atoms with Crippen molar-refractivity contribution in [3.05, 3.63) is 46.4 Å². The standard InChI is InChI=1S/C17H14BrN3O3S2/c1-23-11-7-12(24-2)14-13(8-11)26-17(19-14)21-16(25)20-15(22)9-3-5-10(18)6-4-9/h3-8H,1-2H3,(H2,19,20,21,22,25). The average molecular weight is 452 g/mol. The van der Waals surface area contributed by atoms with Crippen LogP contribution in [0.3, 0.4) is 0 Å². The molecule has 0 unspecified atom stereocenters. The predicted octanol–water partition coefficient (Wildman–Crippen LogP) is 4.20. The molecule has 134 valence electrons. The minimum Gasteiger partial charge on any atom is -0.497 e.